The van der Waals surface area contributed by atoms with Crippen molar-refractivity contribution in [1.82, 2.24) is 5.32 Å². The van der Waals surface area contributed by atoms with Gasteiger partial charge in [0.1, 0.15) is 12.0 Å². The summed E-state index contributed by atoms with van der Waals surface area (Å²) in [5.74, 6) is 0.207. The molecule has 1 heterocycles. The first kappa shape index (κ1) is 12.7. The molecule has 0 saturated carbocycles. The van der Waals surface area contributed by atoms with Gasteiger partial charge in [-0.1, -0.05) is 0 Å². The van der Waals surface area contributed by atoms with Crippen LogP contribution in [0.5, 0.6) is 0 Å². The van der Waals surface area contributed by atoms with Crippen LogP contribution in [0.4, 0.5) is 0 Å². The Labute approximate surface area is 94.4 Å². The minimum absolute atomic E-state index is 0.0254. The molecule has 0 aliphatic carbocycles. The molecular formula is C11H17NO4. The highest BCUT2D eigenvalue weighted by Gasteiger charge is 2.16. The number of aliphatic hydroxyl groups excluding tert-OH is 1. The van der Waals surface area contributed by atoms with E-state index in [0.717, 1.165) is 0 Å². The molecule has 0 unspecified atom stereocenters. The Bertz CT molecular complexity index is 357. The van der Waals surface area contributed by atoms with Gasteiger partial charge in [-0.2, -0.15) is 0 Å². The van der Waals surface area contributed by atoms with Crippen molar-refractivity contribution >= 4 is 5.97 Å². The van der Waals surface area contributed by atoms with Crippen LogP contribution in [-0.2, 0) is 11.3 Å². The number of methoxy groups -OCH3 is 1. The van der Waals surface area contributed by atoms with E-state index in [2.05, 4.69) is 10.1 Å². The highest BCUT2D eigenvalue weighted by atomic mass is 16.5. The average Bonchev–Trinajstić information content (AvgIpc) is 2.74. The van der Waals surface area contributed by atoms with Crippen molar-refractivity contribution in [3.05, 3.63) is 23.7 Å². The molecule has 0 radical (unpaired) electrons. The van der Waals surface area contributed by atoms with Gasteiger partial charge in [0.15, 0.2) is 0 Å². The SMILES string of the molecule is COC(=O)c1coc(CNC(C)(C)CO)c1. The molecule has 0 atom stereocenters. The Morgan fingerprint density at radius 3 is 2.88 bits per heavy atom. The fourth-order valence-electron chi connectivity index (χ4n) is 1.08. The molecule has 0 bridgehead atoms. The van der Waals surface area contributed by atoms with E-state index >= 15 is 0 Å². The maximum absolute atomic E-state index is 11.1. The largest absolute Gasteiger partial charge is 0.467 e. The van der Waals surface area contributed by atoms with Gasteiger partial charge < -0.3 is 19.6 Å². The fraction of sp³-hybridized carbons (Fsp3) is 0.545. The van der Waals surface area contributed by atoms with Crippen molar-refractivity contribution in [2.24, 2.45) is 0 Å². The molecule has 0 saturated heterocycles. The van der Waals surface area contributed by atoms with Crippen LogP contribution in [0.3, 0.4) is 0 Å². The van der Waals surface area contributed by atoms with Crippen molar-refractivity contribution in [1.29, 1.82) is 0 Å². The highest BCUT2D eigenvalue weighted by Crippen LogP contribution is 2.10. The highest BCUT2D eigenvalue weighted by molar-refractivity contribution is 5.88. The third-order valence-corrected chi connectivity index (χ3v) is 2.21. The van der Waals surface area contributed by atoms with Crippen LogP contribution in [0.15, 0.2) is 16.7 Å². The minimum Gasteiger partial charge on any atom is -0.467 e. The predicted octanol–water partition coefficient (Wildman–Crippen LogP) is 0.927. The second kappa shape index (κ2) is 5.14. The van der Waals surface area contributed by atoms with E-state index in [-0.39, 0.29) is 12.1 Å². The van der Waals surface area contributed by atoms with Gasteiger partial charge in [-0.3, -0.25) is 0 Å². The summed E-state index contributed by atoms with van der Waals surface area (Å²) in [4.78, 5) is 11.1. The summed E-state index contributed by atoms with van der Waals surface area (Å²) in [7, 11) is 1.32. The summed E-state index contributed by atoms with van der Waals surface area (Å²) in [5.41, 5.74) is 0.0131. The Morgan fingerprint density at radius 2 is 2.31 bits per heavy atom. The van der Waals surface area contributed by atoms with E-state index < -0.39 is 5.97 Å². The second-order valence-electron chi connectivity index (χ2n) is 4.19. The van der Waals surface area contributed by atoms with E-state index in [1.165, 1.54) is 13.4 Å². The zero-order valence-electron chi connectivity index (χ0n) is 9.74. The van der Waals surface area contributed by atoms with Gasteiger partial charge in [0.05, 0.1) is 25.8 Å². The smallest absolute Gasteiger partial charge is 0.341 e. The molecule has 0 aliphatic rings. The Hall–Kier alpha value is -1.33. The van der Waals surface area contributed by atoms with Crippen LogP contribution in [0, 0.1) is 0 Å². The van der Waals surface area contributed by atoms with Gasteiger partial charge in [0.25, 0.3) is 0 Å². The van der Waals surface area contributed by atoms with E-state index in [1.54, 1.807) is 6.07 Å². The van der Waals surface area contributed by atoms with E-state index in [1.807, 2.05) is 13.8 Å². The maximum atomic E-state index is 11.1. The van der Waals surface area contributed by atoms with Crippen molar-refractivity contribution in [3.8, 4) is 0 Å². The number of furan rings is 1. The number of nitrogens with one attached hydrogen (secondary N) is 1. The summed E-state index contributed by atoms with van der Waals surface area (Å²) >= 11 is 0. The number of esters is 1. The van der Waals surface area contributed by atoms with Gasteiger partial charge in [-0.15, -0.1) is 0 Å². The molecule has 0 fully saturated rings. The zero-order valence-corrected chi connectivity index (χ0v) is 9.74. The molecule has 5 nitrogen and oxygen atoms in total. The fourth-order valence-corrected chi connectivity index (χ4v) is 1.08. The summed E-state index contributed by atoms with van der Waals surface area (Å²) in [6.07, 6.45) is 1.36. The number of carbonyl (C=O) groups excluding carboxylic acids is 1. The van der Waals surface area contributed by atoms with E-state index in [9.17, 15) is 4.79 Å². The number of rotatable bonds is 5. The number of hydrogen-bond acceptors (Lipinski definition) is 5. The molecule has 1 rings (SSSR count). The molecule has 1 aromatic heterocycles. The van der Waals surface area contributed by atoms with Gasteiger partial charge >= 0.3 is 5.97 Å². The Morgan fingerprint density at radius 1 is 1.62 bits per heavy atom. The van der Waals surface area contributed by atoms with Crippen LogP contribution >= 0.6 is 0 Å². The van der Waals surface area contributed by atoms with Crippen LogP contribution in [0.25, 0.3) is 0 Å². The van der Waals surface area contributed by atoms with Crippen molar-refractivity contribution < 1.29 is 19.1 Å². The van der Waals surface area contributed by atoms with Gasteiger partial charge in [-0.25, -0.2) is 4.79 Å². The standard InChI is InChI=1S/C11H17NO4/c1-11(2,7-13)12-5-9-4-8(6-16-9)10(14)15-3/h4,6,12-13H,5,7H2,1-3H3. The van der Waals surface area contributed by atoms with Gasteiger partial charge in [0.2, 0.25) is 0 Å². The lowest BCUT2D eigenvalue weighted by molar-refractivity contribution is 0.0600. The van der Waals surface area contributed by atoms with E-state index in [4.69, 9.17) is 9.52 Å². The van der Waals surface area contributed by atoms with Crippen LogP contribution in [0.2, 0.25) is 0 Å². The van der Waals surface area contributed by atoms with Crippen LogP contribution in [0.1, 0.15) is 30.0 Å². The Kier molecular flexibility index (Phi) is 4.09. The predicted molar refractivity (Wildman–Crippen MR) is 58.1 cm³/mol. The number of aliphatic hydroxyl groups is 1. The average molecular weight is 227 g/mol. The normalized spacial score (nSPS) is 11.5. The number of ether oxygens (including phenoxy) is 1. The monoisotopic (exact) mass is 227 g/mol. The first-order valence-electron chi connectivity index (χ1n) is 5.00. The molecular weight excluding hydrogens is 210 g/mol. The van der Waals surface area contributed by atoms with Gasteiger partial charge in [-0.05, 0) is 19.9 Å². The van der Waals surface area contributed by atoms with Gasteiger partial charge in [0, 0.05) is 5.54 Å². The van der Waals surface area contributed by atoms with Crippen LogP contribution in [-0.4, -0.2) is 30.3 Å². The quantitative estimate of drug-likeness (QED) is 0.732. The molecule has 0 aliphatic heterocycles. The molecule has 0 amide bonds. The van der Waals surface area contributed by atoms with Crippen molar-refractivity contribution in [3.63, 3.8) is 0 Å². The van der Waals surface area contributed by atoms with Crippen LogP contribution < -0.4 is 5.32 Å². The topological polar surface area (TPSA) is 71.7 Å². The lowest BCUT2D eigenvalue weighted by Gasteiger charge is -2.22. The molecule has 0 aromatic carbocycles. The molecule has 1 aromatic rings. The minimum atomic E-state index is -0.420. The van der Waals surface area contributed by atoms with E-state index in [0.29, 0.717) is 17.9 Å². The number of carbonyl (C=O) groups is 1. The third-order valence-electron chi connectivity index (χ3n) is 2.21. The molecule has 5 heteroatoms. The number of hydrogen-bond donors (Lipinski definition) is 2. The lowest BCUT2D eigenvalue weighted by Crippen LogP contribution is -2.41. The summed E-state index contributed by atoms with van der Waals surface area (Å²) in [6.45, 7) is 4.22. The second-order valence-corrected chi connectivity index (χ2v) is 4.19. The summed E-state index contributed by atoms with van der Waals surface area (Å²) in [6, 6.07) is 1.62. The summed E-state index contributed by atoms with van der Waals surface area (Å²) < 4.78 is 9.74. The third kappa shape index (κ3) is 3.36. The van der Waals surface area contributed by atoms with Crippen molar-refractivity contribution in [2.75, 3.05) is 13.7 Å². The molecule has 16 heavy (non-hydrogen) atoms. The summed E-state index contributed by atoms with van der Waals surface area (Å²) in [5, 5.41) is 12.1. The molecule has 2 N–H and O–H groups in total. The first-order valence-corrected chi connectivity index (χ1v) is 5.00. The van der Waals surface area contributed by atoms with Crippen molar-refractivity contribution in [2.45, 2.75) is 25.9 Å². The molecule has 0 spiro atoms. The first-order chi connectivity index (χ1) is 7.48. The zero-order chi connectivity index (χ0) is 12.2. The Balaban J connectivity index is 2.56. The lowest BCUT2D eigenvalue weighted by atomic mass is 10.1. The molecule has 90 valence electrons. The maximum Gasteiger partial charge on any atom is 0.341 e.